The molecule has 0 aliphatic carbocycles. The van der Waals surface area contributed by atoms with E-state index in [1.165, 1.54) is 0 Å². The quantitative estimate of drug-likeness (QED) is 0.116. The number of hydrogen-bond acceptors (Lipinski definition) is 17. The average Bonchev–Trinajstić information content (AvgIpc) is 2.93. The fourth-order valence-electron chi connectivity index (χ4n) is 5.32. The topological polar surface area (TPSA) is 289 Å². The van der Waals surface area contributed by atoms with E-state index in [2.05, 4.69) is 0 Å². The Kier molecular flexibility index (Phi) is 11.4. The second-order valence-electron chi connectivity index (χ2n) is 9.98. The number of hydrogen-bond donors (Lipinski definition) is 11. The third-order valence-electron chi connectivity index (χ3n) is 7.74. The van der Waals surface area contributed by atoms with Gasteiger partial charge in [0, 0.05) is 0 Å². The number of nitrogens with two attached hydrogens (primary N) is 3. The van der Waals surface area contributed by atoms with E-state index in [0.29, 0.717) is 13.1 Å². The van der Waals surface area contributed by atoms with Gasteiger partial charge in [-0.05, 0) is 13.1 Å². The molecule has 0 aromatic carbocycles. The van der Waals surface area contributed by atoms with Crippen LogP contribution >= 0.6 is 0 Å². The van der Waals surface area contributed by atoms with Crippen molar-refractivity contribution in [1.82, 2.24) is 4.90 Å². The molecule has 230 valence electrons. The van der Waals surface area contributed by atoms with Gasteiger partial charge in [0.05, 0.1) is 37.9 Å². The maximum atomic E-state index is 11.0. The van der Waals surface area contributed by atoms with Crippen LogP contribution in [0.4, 0.5) is 0 Å². The standard InChI is InChI=1S/C22H44N4O13/c1-3-26(4-2)22(7-29)18(33)15(32)12(25)21(39-22)38-17-9(6-28)36-20(11(24)14(17)31)37-16-8(5-27)35-19(34)10(23)13(16)30/h8-21,27-34H,3-7,23-25H2,1-2H3/t8-,9-,10-,11-,12-,13-,14-,15-,16?,17?,18+,19-,20+,21+,22-/m1/s1. The summed E-state index contributed by atoms with van der Waals surface area (Å²) in [5.41, 5.74) is 16.2. The van der Waals surface area contributed by atoms with Crippen LogP contribution in [0, 0.1) is 0 Å². The van der Waals surface area contributed by atoms with Crippen molar-refractivity contribution in [3.8, 4) is 0 Å². The molecule has 0 aromatic rings. The molecule has 3 heterocycles. The summed E-state index contributed by atoms with van der Waals surface area (Å²) in [4.78, 5) is 1.58. The van der Waals surface area contributed by atoms with E-state index in [0.717, 1.165) is 0 Å². The van der Waals surface area contributed by atoms with Gasteiger partial charge in [0.1, 0.15) is 48.8 Å². The molecular formula is C22H44N4O13. The molecule has 2 unspecified atom stereocenters. The highest BCUT2D eigenvalue weighted by Crippen LogP contribution is 2.35. The van der Waals surface area contributed by atoms with E-state index < -0.39 is 111 Å². The molecule has 0 bridgehead atoms. The van der Waals surface area contributed by atoms with E-state index in [1.54, 1.807) is 18.7 Å². The second kappa shape index (κ2) is 13.5. The Morgan fingerprint density at radius 2 is 1.21 bits per heavy atom. The maximum absolute atomic E-state index is 11.0. The first-order valence-corrected chi connectivity index (χ1v) is 13.0. The van der Waals surface area contributed by atoms with Gasteiger partial charge in [-0.1, -0.05) is 13.8 Å². The summed E-state index contributed by atoms with van der Waals surface area (Å²) >= 11 is 0. The van der Waals surface area contributed by atoms with E-state index in [4.69, 9.17) is 40.9 Å². The Balaban J connectivity index is 1.80. The number of aliphatic hydroxyl groups is 8. The summed E-state index contributed by atoms with van der Waals surface area (Å²) in [6, 6.07) is -3.97. The highest BCUT2D eigenvalue weighted by molar-refractivity contribution is 5.02. The summed E-state index contributed by atoms with van der Waals surface area (Å²) in [6.07, 6.45) is -16.0. The molecule has 17 nitrogen and oxygen atoms in total. The molecular weight excluding hydrogens is 528 g/mol. The summed E-state index contributed by atoms with van der Waals surface area (Å²) in [5.74, 6) is 0. The minimum atomic E-state index is -1.79. The van der Waals surface area contributed by atoms with Gasteiger partial charge in [0.15, 0.2) is 24.6 Å². The smallest absolute Gasteiger partial charge is 0.178 e. The van der Waals surface area contributed by atoms with Crippen LogP contribution in [0.25, 0.3) is 0 Å². The van der Waals surface area contributed by atoms with Crippen molar-refractivity contribution in [1.29, 1.82) is 0 Å². The van der Waals surface area contributed by atoms with Crippen molar-refractivity contribution in [2.75, 3.05) is 32.9 Å². The summed E-state index contributed by atoms with van der Waals surface area (Å²) in [7, 11) is 0. The van der Waals surface area contributed by atoms with Crippen molar-refractivity contribution >= 4 is 0 Å². The van der Waals surface area contributed by atoms with Crippen LogP contribution in [-0.4, -0.2) is 170 Å². The number of nitrogens with zero attached hydrogens (tertiary/aromatic N) is 1. The predicted octanol–water partition coefficient (Wildman–Crippen LogP) is -7.00. The minimum Gasteiger partial charge on any atom is -0.394 e. The molecule has 3 aliphatic heterocycles. The highest BCUT2D eigenvalue weighted by Gasteiger charge is 2.57. The first-order valence-electron chi connectivity index (χ1n) is 13.0. The molecule has 0 spiro atoms. The fraction of sp³-hybridized carbons (Fsp3) is 1.00. The average molecular weight is 573 g/mol. The van der Waals surface area contributed by atoms with Crippen LogP contribution in [-0.2, 0) is 23.7 Å². The molecule has 17 heteroatoms. The Morgan fingerprint density at radius 1 is 0.718 bits per heavy atom. The van der Waals surface area contributed by atoms with E-state index >= 15 is 0 Å². The third-order valence-corrected chi connectivity index (χ3v) is 7.74. The molecule has 0 aromatic heterocycles. The van der Waals surface area contributed by atoms with Gasteiger partial charge >= 0.3 is 0 Å². The van der Waals surface area contributed by atoms with Crippen molar-refractivity contribution in [2.24, 2.45) is 17.2 Å². The Hall–Kier alpha value is -0.680. The van der Waals surface area contributed by atoms with Gasteiger partial charge in [0.25, 0.3) is 0 Å². The molecule has 3 fully saturated rings. The Bertz CT molecular complexity index is 767. The zero-order chi connectivity index (χ0) is 29.2. The van der Waals surface area contributed by atoms with E-state index in [1.807, 2.05) is 0 Å². The van der Waals surface area contributed by atoms with Gasteiger partial charge in [-0.25, -0.2) is 0 Å². The number of likely N-dealkylation sites (N-methyl/N-ethyl adjacent to an activating group) is 1. The zero-order valence-corrected chi connectivity index (χ0v) is 21.9. The molecule has 3 saturated heterocycles. The lowest BCUT2D eigenvalue weighted by Gasteiger charge is -2.54. The summed E-state index contributed by atoms with van der Waals surface area (Å²) in [5, 5.41) is 82.6. The minimum absolute atomic E-state index is 0.327. The van der Waals surface area contributed by atoms with Crippen LogP contribution in [0.2, 0.25) is 0 Å². The SMILES string of the molecule is CCN(CC)[C@]1(CO)O[C@H](OC2[C@@H](CO)O[C@@H](OC3[C@@H](CO)O[C@@H](O)[C@H](N)[C@H]3O)[C@H](N)[C@H]2O)[C@H](N)[C@@H](O)[C@@H]1O. The summed E-state index contributed by atoms with van der Waals surface area (Å²) < 4.78 is 28.4. The van der Waals surface area contributed by atoms with Crippen LogP contribution in [0.15, 0.2) is 0 Å². The van der Waals surface area contributed by atoms with Gasteiger partial charge in [-0.3, -0.25) is 4.90 Å². The van der Waals surface area contributed by atoms with Crippen molar-refractivity contribution < 1.29 is 64.5 Å². The molecule has 0 radical (unpaired) electrons. The largest absolute Gasteiger partial charge is 0.394 e. The Morgan fingerprint density at radius 3 is 1.72 bits per heavy atom. The third kappa shape index (κ3) is 6.11. The normalized spacial score (nSPS) is 49.4. The molecule has 0 saturated carbocycles. The second-order valence-corrected chi connectivity index (χ2v) is 9.98. The van der Waals surface area contributed by atoms with Crippen LogP contribution in [0.3, 0.4) is 0 Å². The van der Waals surface area contributed by atoms with Gasteiger partial charge in [0.2, 0.25) is 0 Å². The van der Waals surface area contributed by atoms with Crippen molar-refractivity contribution in [3.05, 3.63) is 0 Å². The zero-order valence-electron chi connectivity index (χ0n) is 21.9. The van der Waals surface area contributed by atoms with Crippen LogP contribution in [0.1, 0.15) is 13.8 Å². The molecule has 15 atom stereocenters. The number of ether oxygens (including phenoxy) is 5. The molecule has 3 aliphatic rings. The summed E-state index contributed by atoms with van der Waals surface area (Å²) in [6.45, 7) is 2.08. The van der Waals surface area contributed by atoms with E-state index in [-0.39, 0.29) is 0 Å². The van der Waals surface area contributed by atoms with Crippen molar-refractivity contribution in [2.45, 2.75) is 105 Å². The molecule has 14 N–H and O–H groups in total. The molecule has 3 rings (SSSR count). The lowest BCUT2D eigenvalue weighted by molar-refractivity contribution is -0.380. The van der Waals surface area contributed by atoms with Gasteiger partial charge in [-0.2, -0.15) is 0 Å². The molecule has 39 heavy (non-hydrogen) atoms. The van der Waals surface area contributed by atoms with Gasteiger partial charge in [-0.15, -0.1) is 0 Å². The Labute approximate surface area is 225 Å². The first kappa shape index (κ1) is 32.8. The van der Waals surface area contributed by atoms with Gasteiger partial charge < -0.3 is 81.7 Å². The monoisotopic (exact) mass is 572 g/mol. The predicted molar refractivity (Wildman–Crippen MR) is 129 cm³/mol. The number of rotatable bonds is 10. The fourth-order valence-corrected chi connectivity index (χ4v) is 5.32. The lowest BCUT2D eigenvalue weighted by Crippen LogP contribution is -2.75. The lowest BCUT2D eigenvalue weighted by atomic mass is 9.90. The maximum Gasteiger partial charge on any atom is 0.178 e. The van der Waals surface area contributed by atoms with Crippen molar-refractivity contribution in [3.63, 3.8) is 0 Å². The number of aliphatic hydroxyl groups excluding tert-OH is 8. The van der Waals surface area contributed by atoms with Crippen LogP contribution in [0.5, 0.6) is 0 Å². The molecule has 0 amide bonds. The first-order chi connectivity index (χ1) is 18.4. The highest BCUT2D eigenvalue weighted by atomic mass is 16.7. The van der Waals surface area contributed by atoms with E-state index in [9.17, 15) is 40.9 Å². The van der Waals surface area contributed by atoms with Crippen LogP contribution < -0.4 is 17.2 Å².